The Balaban J connectivity index is 2.63. The third-order valence-corrected chi connectivity index (χ3v) is 4.38. The Labute approximate surface area is 170 Å². The lowest BCUT2D eigenvalue weighted by atomic mass is 9.89. The Morgan fingerprint density at radius 3 is 2.34 bits per heavy atom. The summed E-state index contributed by atoms with van der Waals surface area (Å²) in [5.74, 6) is -2.21. The number of hydrogen-bond donors (Lipinski definition) is 5. The predicted octanol–water partition coefficient (Wildman–Crippen LogP) is 0.557. The molecule has 1 rings (SSSR count). The number of carbonyl (C=O) groups excluding carboxylic acids is 2. The van der Waals surface area contributed by atoms with Gasteiger partial charge in [-0.05, 0) is 32.3 Å². The summed E-state index contributed by atoms with van der Waals surface area (Å²) in [5, 5.41) is 14.7. The molecule has 160 valence electrons. The van der Waals surface area contributed by atoms with Gasteiger partial charge in [0.2, 0.25) is 11.8 Å². The van der Waals surface area contributed by atoms with E-state index in [-0.39, 0.29) is 24.8 Å². The molecule has 0 aliphatic rings. The molecule has 7 N–H and O–H groups in total. The van der Waals surface area contributed by atoms with Crippen LogP contribution in [0.25, 0.3) is 0 Å². The van der Waals surface area contributed by atoms with Crippen LogP contribution < -0.4 is 22.1 Å². The SMILES string of the molecule is CC(C)(CC(=O)NC[C@H](C(=O)NCCCCN=C(N)N)c1ccccc1)C(=O)O. The Bertz CT molecular complexity index is 715. The minimum atomic E-state index is -1.18. The van der Waals surface area contributed by atoms with Crippen molar-refractivity contribution in [2.24, 2.45) is 21.9 Å². The number of nitrogens with two attached hydrogens (primary N) is 2. The van der Waals surface area contributed by atoms with E-state index in [4.69, 9.17) is 16.6 Å². The van der Waals surface area contributed by atoms with Crippen molar-refractivity contribution in [1.82, 2.24) is 10.6 Å². The molecule has 0 unspecified atom stereocenters. The number of nitrogens with zero attached hydrogens (tertiary/aromatic N) is 1. The van der Waals surface area contributed by atoms with E-state index in [1.165, 1.54) is 13.8 Å². The Kier molecular flexibility index (Phi) is 9.64. The third-order valence-electron chi connectivity index (χ3n) is 4.38. The van der Waals surface area contributed by atoms with Crippen molar-refractivity contribution >= 4 is 23.7 Å². The van der Waals surface area contributed by atoms with Gasteiger partial charge in [-0.2, -0.15) is 0 Å². The molecule has 9 nitrogen and oxygen atoms in total. The van der Waals surface area contributed by atoms with Crippen molar-refractivity contribution in [2.75, 3.05) is 19.6 Å². The maximum absolute atomic E-state index is 12.7. The molecular formula is C20H31N5O4. The summed E-state index contributed by atoms with van der Waals surface area (Å²) < 4.78 is 0. The van der Waals surface area contributed by atoms with Gasteiger partial charge >= 0.3 is 5.97 Å². The molecule has 1 aromatic rings. The molecule has 1 aromatic carbocycles. The van der Waals surface area contributed by atoms with Crippen LogP contribution in [0.4, 0.5) is 0 Å². The fourth-order valence-corrected chi connectivity index (χ4v) is 2.58. The third kappa shape index (κ3) is 9.09. The molecule has 9 heteroatoms. The minimum absolute atomic E-state index is 0.0417. The Morgan fingerprint density at radius 1 is 1.10 bits per heavy atom. The van der Waals surface area contributed by atoms with Gasteiger partial charge in [-0.25, -0.2) is 0 Å². The van der Waals surface area contributed by atoms with E-state index >= 15 is 0 Å². The summed E-state index contributed by atoms with van der Waals surface area (Å²) in [6.07, 6.45) is 1.27. The van der Waals surface area contributed by atoms with Gasteiger partial charge in [0.25, 0.3) is 0 Å². The quantitative estimate of drug-likeness (QED) is 0.194. The maximum atomic E-state index is 12.7. The normalized spacial score (nSPS) is 11.9. The van der Waals surface area contributed by atoms with E-state index in [2.05, 4.69) is 15.6 Å². The van der Waals surface area contributed by atoms with E-state index in [1.54, 1.807) is 0 Å². The van der Waals surface area contributed by atoms with Crippen LogP contribution in [-0.4, -0.2) is 48.5 Å². The van der Waals surface area contributed by atoms with E-state index < -0.39 is 23.2 Å². The maximum Gasteiger partial charge on any atom is 0.309 e. The second kappa shape index (κ2) is 11.7. The van der Waals surface area contributed by atoms with Gasteiger partial charge in [0.1, 0.15) is 0 Å². The minimum Gasteiger partial charge on any atom is -0.481 e. The summed E-state index contributed by atoms with van der Waals surface area (Å²) >= 11 is 0. The number of guanidine groups is 1. The number of rotatable bonds is 12. The zero-order valence-corrected chi connectivity index (χ0v) is 17.0. The number of carboxylic acids is 1. The largest absolute Gasteiger partial charge is 0.481 e. The molecule has 0 aliphatic carbocycles. The lowest BCUT2D eigenvalue weighted by Crippen LogP contribution is -2.39. The zero-order valence-electron chi connectivity index (χ0n) is 17.0. The molecule has 0 fully saturated rings. The van der Waals surface area contributed by atoms with Crippen LogP contribution in [0.1, 0.15) is 44.6 Å². The van der Waals surface area contributed by atoms with Gasteiger partial charge in [0.05, 0.1) is 11.3 Å². The number of nitrogens with one attached hydrogen (secondary N) is 2. The highest BCUT2D eigenvalue weighted by molar-refractivity contribution is 5.87. The first-order chi connectivity index (χ1) is 13.6. The molecule has 0 spiro atoms. The fraction of sp³-hybridized carbons (Fsp3) is 0.500. The van der Waals surface area contributed by atoms with E-state index in [1.807, 2.05) is 30.3 Å². The number of benzene rings is 1. The number of unbranched alkanes of at least 4 members (excludes halogenated alkanes) is 1. The summed E-state index contributed by atoms with van der Waals surface area (Å²) in [6.45, 7) is 4.01. The lowest BCUT2D eigenvalue weighted by Gasteiger charge is -2.21. The van der Waals surface area contributed by atoms with E-state index in [0.717, 1.165) is 12.0 Å². The van der Waals surface area contributed by atoms with E-state index in [0.29, 0.717) is 19.5 Å². The molecule has 0 bridgehead atoms. The molecule has 0 aromatic heterocycles. The molecular weight excluding hydrogens is 374 g/mol. The fourth-order valence-electron chi connectivity index (χ4n) is 2.58. The van der Waals surface area contributed by atoms with Crippen molar-refractivity contribution in [3.05, 3.63) is 35.9 Å². The van der Waals surface area contributed by atoms with E-state index in [9.17, 15) is 14.4 Å². The Hall–Kier alpha value is -3.10. The zero-order chi connectivity index (χ0) is 21.9. The van der Waals surface area contributed by atoms with Crippen LogP contribution in [0, 0.1) is 5.41 Å². The average Bonchev–Trinajstić information content (AvgIpc) is 2.64. The van der Waals surface area contributed by atoms with Crippen LogP contribution in [0.2, 0.25) is 0 Å². The number of carbonyl (C=O) groups is 3. The standard InChI is InChI=1S/C20H31N5O4/c1-20(2,18(28)29)12-16(26)25-13-15(14-8-4-3-5-9-14)17(27)23-10-6-7-11-24-19(21)22/h3-5,8-9,15H,6-7,10-13H2,1-2H3,(H,23,27)(H,25,26)(H,28,29)(H4,21,22,24)/t15-/m0/s1. The highest BCUT2D eigenvalue weighted by atomic mass is 16.4. The molecule has 0 heterocycles. The number of aliphatic imine (C=N–C) groups is 1. The topological polar surface area (TPSA) is 160 Å². The second-order valence-corrected chi connectivity index (χ2v) is 7.44. The van der Waals surface area contributed by atoms with Crippen molar-refractivity contribution in [3.63, 3.8) is 0 Å². The molecule has 0 saturated carbocycles. The van der Waals surface area contributed by atoms with Crippen LogP contribution in [0.3, 0.4) is 0 Å². The molecule has 1 atom stereocenters. The summed E-state index contributed by atoms with van der Waals surface area (Å²) in [7, 11) is 0. The highest BCUT2D eigenvalue weighted by Gasteiger charge is 2.30. The summed E-state index contributed by atoms with van der Waals surface area (Å²) in [5.41, 5.74) is 10.1. The van der Waals surface area contributed by atoms with Crippen LogP contribution in [0.5, 0.6) is 0 Å². The van der Waals surface area contributed by atoms with Crippen molar-refractivity contribution in [2.45, 2.75) is 39.0 Å². The van der Waals surface area contributed by atoms with Gasteiger partial charge in [-0.1, -0.05) is 30.3 Å². The number of aliphatic carboxylic acids is 1. The number of hydrogen-bond acceptors (Lipinski definition) is 4. The highest BCUT2D eigenvalue weighted by Crippen LogP contribution is 2.21. The van der Waals surface area contributed by atoms with Crippen LogP contribution in [0.15, 0.2) is 35.3 Å². The Morgan fingerprint density at radius 2 is 1.76 bits per heavy atom. The lowest BCUT2D eigenvalue weighted by molar-refractivity contribution is -0.149. The molecule has 29 heavy (non-hydrogen) atoms. The van der Waals surface area contributed by atoms with Gasteiger partial charge in [0, 0.05) is 26.1 Å². The van der Waals surface area contributed by atoms with Crippen molar-refractivity contribution < 1.29 is 19.5 Å². The number of carboxylic acid groups (broad SMARTS) is 1. The first-order valence-corrected chi connectivity index (χ1v) is 9.51. The van der Waals surface area contributed by atoms with Crippen molar-refractivity contribution in [3.8, 4) is 0 Å². The molecule has 0 aliphatic heterocycles. The van der Waals surface area contributed by atoms with Gasteiger partial charge in [-0.15, -0.1) is 0 Å². The van der Waals surface area contributed by atoms with Crippen molar-refractivity contribution in [1.29, 1.82) is 0 Å². The van der Waals surface area contributed by atoms with Crippen LogP contribution in [-0.2, 0) is 14.4 Å². The number of amides is 2. The summed E-state index contributed by atoms with van der Waals surface area (Å²) in [6, 6.07) is 9.11. The predicted molar refractivity (Wildman–Crippen MR) is 111 cm³/mol. The first kappa shape index (κ1) is 23.9. The second-order valence-electron chi connectivity index (χ2n) is 7.44. The van der Waals surface area contributed by atoms with Gasteiger partial charge < -0.3 is 27.2 Å². The smallest absolute Gasteiger partial charge is 0.309 e. The van der Waals surface area contributed by atoms with Gasteiger partial charge in [-0.3, -0.25) is 19.4 Å². The molecule has 0 radical (unpaired) electrons. The summed E-state index contributed by atoms with van der Waals surface area (Å²) in [4.78, 5) is 39.9. The van der Waals surface area contributed by atoms with Crippen LogP contribution >= 0.6 is 0 Å². The molecule has 2 amide bonds. The first-order valence-electron chi connectivity index (χ1n) is 9.51. The average molecular weight is 405 g/mol. The molecule has 0 saturated heterocycles. The van der Waals surface area contributed by atoms with Gasteiger partial charge in [0.15, 0.2) is 5.96 Å². The monoisotopic (exact) mass is 405 g/mol.